The van der Waals surface area contributed by atoms with Gasteiger partial charge in [-0.1, -0.05) is 54.1 Å². The van der Waals surface area contributed by atoms with Crippen LogP contribution in [0.3, 0.4) is 0 Å². The molecule has 0 unspecified atom stereocenters. The minimum Gasteiger partial charge on any atom is -0.452 e. The summed E-state index contributed by atoms with van der Waals surface area (Å²) >= 11 is 6.01. The van der Waals surface area contributed by atoms with Crippen molar-refractivity contribution in [1.82, 2.24) is 9.88 Å². The Morgan fingerprint density at radius 2 is 1.69 bits per heavy atom. The Kier molecular flexibility index (Phi) is 7.57. The van der Waals surface area contributed by atoms with Gasteiger partial charge in [-0.2, -0.15) is 0 Å². The maximum atomic E-state index is 12.4. The zero-order valence-corrected chi connectivity index (χ0v) is 18.4. The number of nitrogens with zero attached hydrogens (tertiary/aromatic N) is 2. The van der Waals surface area contributed by atoms with Gasteiger partial charge in [0.1, 0.15) is 0 Å². The highest BCUT2D eigenvalue weighted by molar-refractivity contribution is 6.33. The molecule has 0 bridgehead atoms. The third-order valence-corrected chi connectivity index (χ3v) is 4.99. The fraction of sp³-hybridized carbons (Fsp3) is 0.167. The Bertz CT molecular complexity index is 1140. The Hall–Kier alpha value is -3.71. The molecule has 3 rings (SSSR count). The average Bonchev–Trinajstić information content (AvgIpc) is 2.79. The second-order valence-corrected chi connectivity index (χ2v) is 7.46. The molecule has 2 aromatic carbocycles. The number of aromatic nitrogens is 1. The molecule has 2 amide bonds. The molecule has 0 atom stereocenters. The van der Waals surface area contributed by atoms with Crippen LogP contribution < -0.4 is 5.32 Å². The SMILES string of the molecule is Cc1nc(-c2ccccc2)ccc1C(=O)OCC(=O)N(C)CC(=O)Nc1ccccc1Cl. The lowest BCUT2D eigenvalue weighted by molar-refractivity contribution is -0.136. The Labute approximate surface area is 191 Å². The van der Waals surface area contributed by atoms with Crippen LogP contribution in [0.4, 0.5) is 5.69 Å². The minimum absolute atomic E-state index is 0.214. The summed E-state index contributed by atoms with van der Waals surface area (Å²) in [4.78, 5) is 42.5. The van der Waals surface area contributed by atoms with Crippen LogP contribution in [0, 0.1) is 6.92 Å². The number of amides is 2. The molecule has 8 heteroatoms. The van der Waals surface area contributed by atoms with Gasteiger partial charge >= 0.3 is 5.97 Å². The lowest BCUT2D eigenvalue weighted by Crippen LogP contribution is -2.37. The highest BCUT2D eigenvalue weighted by Crippen LogP contribution is 2.20. The van der Waals surface area contributed by atoms with Crippen LogP contribution in [0.1, 0.15) is 16.1 Å². The normalized spacial score (nSPS) is 10.3. The smallest absolute Gasteiger partial charge is 0.340 e. The molecular weight excluding hydrogens is 430 g/mol. The van der Waals surface area contributed by atoms with E-state index in [9.17, 15) is 14.4 Å². The Balaban J connectivity index is 1.53. The summed E-state index contributed by atoms with van der Waals surface area (Å²) in [6.07, 6.45) is 0. The highest BCUT2D eigenvalue weighted by Gasteiger charge is 2.18. The van der Waals surface area contributed by atoms with Gasteiger partial charge in [-0.15, -0.1) is 0 Å². The number of ether oxygens (including phenoxy) is 1. The standard InChI is InChI=1S/C24H22ClN3O4/c1-16-18(12-13-20(26-16)17-8-4-3-5-9-17)24(31)32-15-23(30)28(2)14-22(29)27-21-11-7-6-10-19(21)25/h3-13H,14-15H2,1-2H3,(H,27,29). The van der Waals surface area contributed by atoms with Crippen LogP contribution in [-0.4, -0.2) is 47.9 Å². The second-order valence-electron chi connectivity index (χ2n) is 7.05. The summed E-state index contributed by atoms with van der Waals surface area (Å²) < 4.78 is 5.13. The number of anilines is 1. The van der Waals surface area contributed by atoms with Gasteiger partial charge in [-0.25, -0.2) is 4.79 Å². The predicted molar refractivity (Wildman–Crippen MR) is 122 cm³/mol. The first-order chi connectivity index (χ1) is 15.3. The first kappa shape index (κ1) is 23.0. The lowest BCUT2D eigenvalue weighted by Gasteiger charge is -2.17. The molecule has 0 fully saturated rings. The molecule has 1 aromatic heterocycles. The van der Waals surface area contributed by atoms with E-state index in [-0.39, 0.29) is 12.1 Å². The summed E-state index contributed by atoms with van der Waals surface area (Å²) in [6, 6.07) is 19.7. The van der Waals surface area contributed by atoms with E-state index in [1.165, 1.54) is 11.9 Å². The summed E-state index contributed by atoms with van der Waals surface area (Å²) in [5.41, 5.74) is 2.89. The maximum absolute atomic E-state index is 12.4. The number of para-hydroxylation sites is 1. The zero-order chi connectivity index (χ0) is 23.1. The lowest BCUT2D eigenvalue weighted by atomic mass is 10.1. The molecule has 0 aliphatic heterocycles. The number of hydrogen-bond donors (Lipinski definition) is 1. The van der Waals surface area contributed by atoms with Crippen molar-refractivity contribution < 1.29 is 19.1 Å². The van der Waals surface area contributed by atoms with Crippen molar-refractivity contribution in [3.8, 4) is 11.3 Å². The first-order valence-electron chi connectivity index (χ1n) is 9.83. The molecule has 164 valence electrons. The number of likely N-dealkylation sites (N-methyl/N-ethyl adjacent to an activating group) is 1. The Morgan fingerprint density at radius 3 is 2.38 bits per heavy atom. The van der Waals surface area contributed by atoms with Crippen LogP contribution in [0.15, 0.2) is 66.7 Å². The number of carbonyl (C=O) groups excluding carboxylic acids is 3. The van der Waals surface area contributed by atoms with Gasteiger partial charge in [-0.3, -0.25) is 14.6 Å². The molecule has 3 aromatic rings. The van der Waals surface area contributed by atoms with E-state index >= 15 is 0 Å². The highest BCUT2D eigenvalue weighted by atomic mass is 35.5. The van der Waals surface area contributed by atoms with E-state index in [1.807, 2.05) is 30.3 Å². The van der Waals surface area contributed by atoms with E-state index in [0.717, 1.165) is 11.3 Å². The largest absolute Gasteiger partial charge is 0.452 e. The van der Waals surface area contributed by atoms with Gasteiger partial charge < -0.3 is 15.0 Å². The number of aryl methyl sites for hydroxylation is 1. The van der Waals surface area contributed by atoms with Gasteiger partial charge in [0, 0.05) is 12.6 Å². The van der Waals surface area contributed by atoms with Crippen LogP contribution in [0.5, 0.6) is 0 Å². The molecule has 0 aliphatic carbocycles. The van der Waals surface area contributed by atoms with Crippen molar-refractivity contribution in [2.45, 2.75) is 6.92 Å². The van der Waals surface area contributed by atoms with Gasteiger partial charge in [0.05, 0.1) is 34.2 Å². The number of hydrogen-bond acceptors (Lipinski definition) is 5. The fourth-order valence-corrected chi connectivity index (χ4v) is 3.10. The number of halogens is 1. The summed E-state index contributed by atoms with van der Waals surface area (Å²) in [6.45, 7) is 0.999. The molecule has 0 radical (unpaired) electrons. The number of nitrogens with one attached hydrogen (secondary N) is 1. The van der Waals surface area contributed by atoms with E-state index in [0.29, 0.717) is 16.4 Å². The topological polar surface area (TPSA) is 88.6 Å². The van der Waals surface area contributed by atoms with Crippen LogP contribution in [-0.2, 0) is 14.3 Å². The van der Waals surface area contributed by atoms with E-state index in [1.54, 1.807) is 43.3 Å². The predicted octanol–water partition coefficient (Wildman–Crippen LogP) is 3.96. The van der Waals surface area contributed by atoms with E-state index in [2.05, 4.69) is 10.3 Å². The second kappa shape index (κ2) is 10.5. The van der Waals surface area contributed by atoms with Crippen LogP contribution in [0.2, 0.25) is 5.02 Å². The number of esters is 1. The van der Waals surface area contributed by atoms with Crippen molar-refractivity contribution in [3.63, 3.8) is 0 Å². The fourth-order valence-electron chi connectivity index (χ4n) is 2.92. The quantitative estimate of drug-likeness (QED) is 0.549. The van der Waals surface area contributed by atoms with E-state index < -0.39 is 24.4 Å². The van der Waals surface area contributed by atoms with Crippen molar-refractivity contribution in [2.75, 3.05) is 25.5 Å². The maximum Gasteiger partial charge on any atom is 0.340 e. The summed E-state index contributed by atoms with van der Waals surface area (Å²) in [7, 11) is 1.45. The van der Waals surface area contributed by atoms with Gasteiger partial charge in [0.15, 0.2) is 6.61 Å². The molecule has 0 saturated carbocycles. The number of carbonyl (C=O) groups is 3. The zero-order valence-electron chi connectivity index (χ0n) is 17.7. The molecule has 0 aliphatic rings. The van der Waals surface area contributed by atoms with Crippen LogP contribution >= 0.6 is 11.6 Å². The Morgan fingerprint density at radius 1 is 1.00 bits per heavy atom. The number of pyridine rings is 1. The average molecular weight is 452 g/mol. The van der Waals surface area contributed by atoms with Crippen molar-refractivity contribution in [1.29, 1.82) is 0 Å². The summed E-state index contributed by atoms with van der Waals surface area (Å²) in [5.74, 6) is -1.59. The molecule has 7 nitrogen and oxygen atoms in total. The van der Waals surface area contributed by atoms with Crippen LogP contribution in [0.25, 0.3) is 11.3 Å². The number of rotatable bonds is 7. The van der Waals surface area contributed by atoms with Crippen molar-refractivity contribution in [2.24, 2.45) is 0 Å². The summed E-state index contributed by atoms with van der Waals surface area (Å²) in [5, 5.41) is 3.03. The third-order valence-electron chi connectivity index (χ3n) is 4.66. The molecular formula is C24H22ClN3O4. The van der Waals surface area contributed by atoms with Crippen molar-refractivity contribution in [3.05, 3.63) is 83.0 Å². The number of benzene rings is 2. The molecule has 1 N–H and O–H groups in total. The van der Waals surface area contributed by atoms with Crippen molar-refractivity contribution >= 4 is 35.1 Å². The molecule has 0 spiro atoms. The van der Waals surface area contributed by atoms with Gasteiger partial charge in [0.2, 0.25) is 5.91 Å². The molecule has 0 saturated heterocycles. The first-order valence-corrected chi connectivity index (χ1v) is 10.2. The third kappa shape index (κ3) is 5.92. The van der Waals surface area contributed by atoms with E-state index in [4.69, 9.17) is 16.3 Å². The monoisotopic (exact) mass is 451 g/mol. The molecule has 1 heterocycles. The van der Waals surface area contributed by atoms with Gasteiger partial charge in [0.25, 0.3) is 5.91 Å². The minimum atomic E-state index is -0.656. The van der Waals surface area contributed by atoms with Gasteiger partial charge in [-0.05, 0) is 31.2 Å². The molecule has 32 heavy (non-hydrogen) atoms.